The van der Waals surface area contributed by atoms with Crippen molar-refractivity contribution in [2.45, 2.75) is 19.9 Å². The lowest BCUT2D eigenvalue weighted by Gasteiger charge is -2.16. The van der Waals surface area contributed by atoms with Gasteiger partial charge in [0.25, 0.3) is 5.91 Å². The quantitative estimate of drug-likeness (QED) is 0.815. The van der Waals surface area contributed by atoms with E-state index in [1.165, 1.54) is 10.4 Å². The molecule has 0 unspecified atom stereocenters. The van der Waals surface area contributed by atoms with E-state index in [1.54, 1.807) is 25.1 Å². The summed E-state index contributed by atoms with van der Waals surface area (Å²) in [5, 5.41) is 11.7. The van der Waals surface area contributed by atoms with Crippen LogP contribution in [0.2, 0.25) is 0 Å². The van der Waals surface area contributed by atoms with Crippen molar-refractivity contribution in [2.75, 3.05) is 17.1 Å². The lowest BCUT2D eigenvalue weighted by Crippen LogP contribution is -2.27. The molecule has 3 rings (SSSR count). The minimum Gasteiger partial charge on any atom is -0.478 e. The van der Waals surface area contributed by atoms with E-state index in [4.69, 9.17) is 9.52 Å². The Morgan fingerprint density at radius 1 is 1.31 bits per heavy atom. The average molecular weight is 378 g/mol. The average Bonchev–Trinajstić information content (AvgIpc) is 3.14. The first kappa shape index (κ1) is 18.0. The van der Waals surface area contributed by atoms with Crippen molar-refractivity contribution in [1.82, 2.24) is 5.32 Å². The second-order valence-electron chi connectivity index (χ2n) is 6.10. The highest BCUT2D eigenvalue weighted by atomic mass is 32.2. The molecule has 0 aliphatic carbocycles. The van der Waals surface area contributed by atoms with E-state index in [2.05, 4.69) is 5.32 Å². The Kier molecular flexibility index (Phi) is 4.49. The fourth-order valence-corrected chi connectivity index (χ4v) is 3.93. The molecule has 1 aromatic carbocycles. The molecule has 26 heavy (non-hydrogen) atoms. The zero-order valence-electron chi connectivity index (χ0n) is 14.3. The van der Waals surface area contributed by atoms with Gasteiger partial charge in [0, 0.05) is 12.1 Å². The van der Waals surface area contributed by atoms with Crippen LogP contribution in [0.5, 0.6) is 0 Å². The Morgan fingerprint density at radius 2 is 2.04 bits per heavy atom. The first-order valence-electron chi connectivity index (χ1n) is 7.88. The van der Waals surface area contributed by atoms with Crippen LogP contribution in [0.4, 0.5) is 5.69 Å². The molecule has 2 heterocycles. The molecular formula is C17H18N2O6S. The number of amides is 1. The predicted octanol–water partition coefficient (Wildman–Crippen LogP) is 1.54. The summed E-state index contributed by atoms with van der Waals surface area (Å²) >= 11 is 0. The van der Waals surface area contributed by atoms with Gasteiger partial charge in [-0.25, -0.2) is 13.2 Å². The number of benzene rings is 1. The van der Waals surface area contributed by atoms with Crippen molar-refractivity contribution < 1.29 is 27.5 Å². The number of carboxylic acids is 1. The van der Waals surface area contributed by atoms with Crippen LogP contribution in [-0.4, -0.2) is 38.2 Å². The molecule has 9 heteroatoms. The van der Waals surface area contributed by atoms with E-state index in [1.807, 2.05) is 0 Å². The van der Waals surface area contributed by atoms with E-state index >= 15 is 0 Å². The predicted molar refractivity (Wildman–Crippen MR) is 93.9 cm³/mol. The topological polar surface area (TPSA) is 117 Å². The van der Waals surface area contributed by atoms with Crippen molar-refractivity contribution in [3.8, 4) is 0 Å². The maximum atomic E-state index is 12.3. The van der Waals surface area contributed by atoms with Crippen LogP contribution in [0.15, 0.2) is 28.7 Å². The fourth-order valence-electron chi connectivity index (χ4n) is 2.97. The second kappa shape index (κ2) is 6.49. The molecule has 1 amide bonds. The second-order valence-corrected chi connectivity index (χ2v) is 8.01. The number of fused-ring (bicyclic) bond motifs is 1. The van der Waals surface area contributed by atoms with Crippen molar-refractivity contribution in [1.29, 1.82) is 0 Å². The van der Waals surface area contributed by atoms with Crippen molar-refractivity contribution in [3.63, 3.8) is 0 Å². The summed E-state index contributed by atoms with van der Waals surface area (Å²) < 4.78 is 30.1. The van der Waals surface area contributed by atoms with Crippen LogP contribution in [0.1, 0.15) is 37.8 Å². The molecule has 1 aliphatic rings. The number of hydrogen-bond acceptors (Lipinski definition) is 5. The summed E-state index contributed by atoms with van der Waals surface area (Å²) in [5.41, 5.74) is 1.86. The number of anilines is 1. The number of nitrogens with one attached hydrogen (secondary N) is 1. The maximum Gasteiger partial charge on any atom is 0.339 e. The van der Waals surface area contributed by atoms with Gasteiger partial charge in [0.05, 0.1) is 18.5 Å². The number of aromatic carboxylic acids is 1. The molecule has 2 N–H and O–H groups in total. The summed E-state index contributed by atoms with van der Waals surface area (Å²) in [4.78, 5) is 23.3. The maximum absolute atomic E-state index is 12.3. The van der Waals surface area contributed by atoms with Gasteiger partial charge in [0.2, 0.25) is 10.0 Å². The molecule has 8 nitrogen and oxygen atoms in total. The number of aryl methyl sites for hydroxylation is 1. The van der Waals surface area contributed by atoms with E-state index in [-0.39, 0.29) is 23.8 Å². The van der Waals surface area contributed by atoms with Crippen molar-refractivity contribution >= 4 is 27.6 Å². The molecule has 1 aliphatic heterocycles. The van der Waals surface area contributed by atoms with E-state index in [0.29, 0.717) is 30.0 Å². The Morgan fingerprint density at radius 3 is 2.65 bits per heavy atom. The fraction of sp³-hybridized carbons (Fsp3) is 0.294. The third kappa shape index (κ3) is 3.43. The summed E-state index contributed by atoms with van der Waals surface area (Å²) in [6.07, 6.45) is 1.70. The number of carboxylic acid groups (broad SMARTS) is 1. The van der Waals surface area contributed by atoms with Gasteiger partial charge in [0.15, 0.2) is 0 Å². The van der Waals surface area contributed by atoms with Gasteiger partial charge in [-0.3, -0.25) is 9.10 Å². The molecule has 0 radical (unpaired) electrons. The number of carbonyl (C=O) groups is 2. The Balaban J connectivity index is 1.72. The number of hydrogen-bond donors (Lipinski definition) is 2. The van der Waals surface area contributed by atoms with E-state index in [0.717, 1.165) is 11.8 Å². The number of furan rings is 1. The highest BCUT2D eigenvalue weighted by Crippen LogP contribution is 2.30. The van der Waals surface area contributed by atoms with Gasteiger partial charge in [-0.15, -0.1) is 0 Å². The summed E-state index contributed by atoms with van der Waals surface area (Å²) in [7, 11) is -3.33. The molecule has 0 spiro atoms. The molecule has 138 valence electrons. The smallest absolute Gasteiger partial charge is 0.339 e. The van der Waals surface area contributed by atoms with E-state index < -0.39 is 16.0 Å². The van der Waals surface area contributed by atoms with Gasteiger partial charge in [-0.2, -0.15) is 0 Å². The molecular weight excluding hydrogens is 360 g/mol. The van der Waals surface area contributed by atoms with Gasteiger partial charge in [-0.1, -0.05) is 0 Å². The third-order valence-electron chi connectivity index (χ3n) is 4.22. The van der Waals surface area contributed by atoms with Gasteiger partial charge in [-0.05, 0) is 43.2 Å². The lowest BCUT2D eigenvalue weighted by molar-refractivity contribution is 0.0694. The van der Waals surface area contributed by atoms with E-state index in [9.17, 15) is 18.0 Å². The molecule has 0 atom stereocenters. The molecule has 2 aromatic rings. The van der Waals surface area contributed by atoms with Crippen LogP contribution in [0.3, 0.4) is 0 Å². The van der Waals surface area contributed by atoms with Crippen LogP contribution >= 0.6 is 0 Å². The third-order valence-corrected chi connectivity index (χ3v) is 5.40. The zero-order chi connectivity index (χ0) is 19.1. The summed E-state index contributed by atoms with van der Waals surface area (Å²) in [6, 6.07) is 6.24. The summed E-state index contributed by atoms with van der Waals surface area (Å²) in [6.45, 7) is 1.96. The molecule has 0 fully saturated rings. The largest absolute Gasteiger partial charge is 0.478 e. The standard InChI is InChI=1S/C17H18N2O6S/c1-10-14(17(21)22)8-13(25-10)9-18-16(20)12-3-4-15-11(7-12)5-6-19(15)26(2,23)24/h3-4,7-8H,5-6,9H2,1-2H3,(H,18,20)(H,21,22). The minimum absolute atomic E-state index is 0.0551. The van der Waals surface area contributed by atoms with Crippen molar-refractivity contribution in [2.24, 2.45) is 0 Å². The highest BCUT2D eigenvalue weighted by Gasteiger charge is 2.26. The first-order chi connectivity index (χ1) is 12.2. The lowest BCUT2D eigenvalue weighted by atomic mass is 10.1. The molecule has 0 bridgehead atoms. The van der Waals surface area contributed by atoms with Gasteiger partial charge in [0.1, 0.15) is 17.1 Å². The van der Waals surface area contributed by atoms with Crippen LogP contribution < -0.4 is 9.62 Å². The first-order valence-corrected chi connectivity index (χ1v) is 9.73. The Hall–Kier alpha value is -2.81. The van der Waals surface area contributed by atoms with Crippen molar-refractivity contribution in [3.05, 3.63) is 52.5 Å². The highest BCUT2D eigenvalue weighted by molar-refractivity contribution is 7.92. The Labute approximate surface area is 150 Å². The number of rotatable bonds is 5. The number of nitrogens with zero attached hydrogens (tertiary/aromatic N) is 1. The normalized spacial score (nSPS) is 13.5. The molecule has 0 saturated carbocycles. The number of carbonyl (C=O) groups excluding carboxylic acids is 1. The molecule has 1 aromatic heterocycles. The number of sulfonamides is 1. The molecule has 0 saturated heterocycles. The minimum atomic E-state index is -3.33. The van der Waals surface area contributed by atoms with Crippen LogP contribution in [-0.2, 0) is 23.0 Å². The van der Waals surface area contributed by atoms with Crippen LogP contribution in [0.25, 0.3) is 0 Å². The monoisotopic (exact) mass is 378 g/mol. The van der Waals surface area contributed by atoms with Gasteiger partial charge < -0.3 is 14.8 Å². The zero-order valence-corrected chi connectivity index (χ0v) is 15.1. The van der Waals surface area contributed by atoms with Crippen LogP contribution in [0, 0.1) is 6.92 Å². The summed E-state index contributed by atoms with van der Waals surface area (Å²) in [5.74, 6) is -0.813. The SMILES string of the molecule is Cc1oc(CNC(=O)c2ccc3c(c2)CCN3S(C)(=O)=O)cc1C(=O)O. The Bertz CT molecular complexity index is 993. The van der Waals surface area contributed by atoms with Gasteiger partial charge >= 0.3 is 5.97 Å².